The predicted molar refractivity (Wildman–Crippen MR) is 190 cm³/mol. The first-order valence-corrected chi connectivity index (χ1v) is 18.6. The minimum Gasteiger partial charge on any atom is -0.508 e. The summed E-state index contributed by atoms with van der Waals surface area (Å²) in [7, 11) is 1.45. The number of methoxy groups -OCH3 is 1. The Bertz CT molecular complexity index is 2110. The van der Waals surface area contributed by atoms with Gasteiger partial charge in [0.05, 0.1) is 40.9 Å². The summed E-state index contributed by atoms with van der Waals surface area (Å²) >= 11 is 12.6. The average Bonchev–Trinajstić information content (AvgIpc) is 3.53. The number of benzene rings is 2. The molecule has 4 amide bonds. The van der Waals surface area contributed by atoms with Crippen LogP contribution in [0.25, 0.3) is 0 Å². The molecule has 2 saturated heterocycles. The van der Waals surface area contributed by atoms with E-state index in [0.29, 0.717) is 34.2 Å². The number of phenols is 1. The number of rotatable bonds is 6. The second kappa shape index (κ2) is 13.3. The van der Waals surface area contributed by atoms with Crippen LogP contribution in [0.15, 0.2) is 66.4 Å². The normalized spacial score (nSPS) is 28.5. The Labute approximate surface area is 318 Å². The molecule has 3 aromatic rings. The predicted octanol–water partition coefficient (Wildman–Crippen LogP) is 7.44. The van der Waals surface area contributed by atoms with Gasteiger partial charge in [-0.1, -0.05) is 66.2 Å². The molecule has 2 aliphatic heterocycles. The zero-order valence-corrected chi connectivity index (χ0v) is 30.4. The van der Waals surface area contributed by atoms with Gasteiger partial charge in [0, 0.05) is 28.7 Å². The average molecular weight is 784 g/mol. The number of ether oxygens (including phenoxy) is 1. The molecule has 1 aromatic heterocycles. The maximum absolute atomic E-state index is 15.3. The Morgan fingerprint density at radius 1 is 0.944 bits per heavy atom. The first kappa shape index (κ1) is 36.4. The SMILES string of the molecule is COc1ccc(O)c([C@H]2C3=CC[C@@H]4C(=O)N(C5CCCCC5)C(=O)[C@@H]4[C@@H]3C[C@H]3C(=O)N(Nc4ncc(C(F)(F)F)cc4Cl)C(=O)[C@@]23c2ccc(Cl)cc2)c1. The van der Waals surface area contributed by atoms with Crippen molar-refractivity contribution in [2.45, 2.75) is 68.5 Å². The van der Waals surface area contributed by atoms with E-state index in [1.165, 1.54) is 18.1 Å². The fourth-order valence-electron chi connectivity index (χ4n) is 9.74. The van der Waals surface area contributed by atoms with Crippen molar-refractivity contribution >= 4 is 52.6 Å². The van der Waals surface area contributed by atoms with Crippen molar-refractivity contribution in [3.05, 3.63) is 93.1 Å². The highest BCUT2D eigenvalue weighted by Crippen LogP contribution is 2.65. The number of nitrogens with zero attached hydrogens (tertiary/aromatic N) is 3. The maximum Gasteiger partial charge on any atom is 0.417 e. The van der Waals surface area contributed by atoms with Gasteiger partial charge in [-0.3, -0.25) is 29.5 Å². The molecule has 282 valence electrons. The number of aromatic hydroxyl groups is 1. The molecule has 0 radical (unpaired) electrons. The van der Waals surface area contributed by atoms with Gasteiger partial charge in [0.1, 0.15) is 11.5 Å². The summed E-state index contributed by atoms with van der Waals surface area (Å²) in [6.45, 7) is 0. The molecule has 3 aliphatic carbocycles. The molecule has 54 heavy (non-hydrogen) atoms. The van der Waals surface area contributed by atoms with Crippen LogP contribution in [-0.2, 0) is 30.8 Å². The molecule has 2 aromatic carbocycles. The van der Waals surface area contributed by atoms with Crippen LogP contribution in [0.4, 0.5) is 19.0 Å². The number of pyridine rings is 1. The van der Waals surface area contributed by atoms with Crippen LogP contribution in [-0.4, -0.2) is 56.8 Å². The van der Waals surface area contributed by atoms with Crippen molar-refractivity contribution in [2.75, 3.05) is 12.5 Å². The first-order valence-electron chi connectivity index (χ1n) is 17.8. The van der Waals surface area contributed by atoms with Crippen molar-refractivity contribution < 1.29 is 42.2 Å². The minimum absolute atomic E-state index is 0.0225. The summed E-state index contributed by atoms with van der Waals surface area (Å²) in [5.74, 6) is -6.71. The number of likely N-dealkylation sites (tertiary alicyclic amines) is 1. The Morgan fingerprint density at radius 3 is 2.33 bits per heavy atom. The smallest absolute Gasteiger partial charge is 0.417 e. The largest absolute Gasteiger partial charge is 0.508 e. The van der Waals surface area contributed by atoms with Gasteiger partial charge in [0.25, 0.3) is 11.8 Å². The van der Waals surface area contributed by atoms with Crippen molar-refractivity contribution in [1.82, 2.24) is 14.9 Å². The lowest BCUT2D eigenvalue weighted by Gasteiger charge is -2.50. The fraction of sp³-hybridized carbons (Fsp3) is 0.410. The highest BCUT2D eigenvalue weighted by atomic mass is 35.5. The number of fused-ring (bicyclic) bond motifs is 4. The standard InChI is InChI=1S/C39H35Cl2F3N4O6/c1-54-23-11-14-30(49)27(16-23)32-24-12-13-25-31(36(52)47(34(25)50)22-5-3-2-4-6-22)26(24)17-28-35(51)48(37(53)38(28,32)19-7-9-21(40)10-8-19)46-33-29(41)15-20(18-45-33)39(42,43)44/h7-12,14-16,18,22,25-26,28,31-32,49H,2-6,13,17H2,1H3,(H,45,46)/t25-,26+,28-,31-,32+,38+/m0/s1. The number of imide groups is 2. The van der Waals surface area contributed by atoms with E-state index < -0.39 is 63.6 Å². The molecule has 0 unspecified atom stereocenters. The van der Waals surface area contributed by atoms with E-state index >= 15 is 4.79 Å². The number of hydrazine groups is 1. The van der Waals surface area contributed by atoms with Gasteiger partial charge in [0.2, 0.25) is 11.8 Å². The van der Waals surface area contributed by atoms with Crippen molar-refractivity contribution in [3.63, 3.8) is 0 Å². The van der Waals surface area contributed by atoms with Crippen molar-refractivity contribution in [1.29, 1.82) is 0 Å². The third kappa shape index (κ3) is 5.48. The van der Waals surface area contributed by atoms with Gasteiger partial charge < -0.3 is 9.84 Å². The summed E-state index contributed by atoms with van der Waals surface area (Å²) in [4.78, 5) is 63.9. The Kier molecular flexibility index (Phi) is 8.95. The van der Waals surface area contributed by atoms with Gasteiger partial charge in [-0.05, 0) is 73.6 Å². The molecular weight excluding hydrogens is 748 g/mol. The number of aromatic nitrogens is 1. The fourth-order valence-corrected chi connectivity index (χ4v) is 10.1. The molecule has 8 rings (SSSR count). The molecule has 10 nitrogen and oxygen atoms in total. The van der Waals surface area contributed by atoms with Crippen LogP contribution in [0.3, 0.4) is 0 Å². The second-order valence-electron chi connectivity index (χ2n) is 14.7. The number of carbonyl (C=O) groups is 4. The lowest BCUT2D eigenvalue weighted by Crippen LogP contribution is -2.53. The zero-order valence-electron chi connectivity index (χ0n) is 28.9. The van der Waals surface area contributed by atoms with Crippen LogP contribution >= 0.6 is 23.2 Å². The number of halogens is 5. The Morgan fingerprint density at radius 2 is 1.67 bits per heavy atom. The maximum atomic E-state index is 15.3. The van der Waals surface area contributed by atoms with Gasteiger partial charge in [-0.15, -0.1) is 0 Å². The van der Waals surface area contributed by atoms with Crippen LogP contribution in [0.2, 0.25) is 10.0 Å². The molecule has 0 bridgehead atoms. The molecule has 6 atom stereocenters. The van der Waals surface area contributed by atoms with E-state index in [4.69, 9.17) is 27.9 Å². The summed E-state index contributed by atoms with van der Waals surface area (Å²) < 4.78 is 46.0. The van der Waals surface area contributed by atoms with E-state index in [0.717, 1.165) is 37.1 Å². The summed E-state index contributed by atoms with van der Waals surface area (Å²) in [6.07, 6.45) is 2.14. The highest BCUT2D eigenvalue weighted by Gasteiger charge is 2.71. The summed E-state index contributed by atoms with van der Waals surface area (Å²) in [5, 5.41) is 12.2. The molecule has 15 heteroatoms. The third-order valence-electron chi connectivity index (χ3n) is 12.1. The van der Waals surface area contributed by atoms with Crippen LogP contribution < -0.4 is 10.2 Å². The summed E-state index contributed by atoms with van der Waals surface area (Å²) in [6, 6.07) is 11.4. The number of phenolic OH excluding ortho intramolecular Hbond substituents is 1. The molecule has 3 heterocycles. The van der Waals surface area contributed by atoms with Gasteiger partial charge in [-0.25, -0.2) is 4.98 Å². The number of anilines is 1. The van der Waals surface area contributed by atoms with Gasteiger partial charge in [-0.2, -0.15) is 18.2 Å². The number of nitrogens with one attached hydrogen (secondary N) is 1. The minimum atomic E-state index is -4.75. The van der Waals surface area contributed by atoms with Gasteiger partial charge in [0.15, 0.2) is 5.82 Å². The third-order valence-corrected chi connectivity index (χ3v) is 12.6. The number of hydrogen-bond donors (Lipinski definition) is 2. The molecule has 2 N–H and O–H groups in total. The number of hydrogen-bond acceptors (Lipinski definition) is 8. The number of alkyl halides is 3. The molecule has 4 fully saturated rings. The van der Waals surface area contributed by atoms with Gasteiger partial charge >= 0.3 is 6.18 Å². The van der Waals surface area contributed by atoms with Crippen LogP contribution in [0.1, 0.15) is 67.6 Å². The second-order valence-corrected chi connectivity index (χ2v) is 15.5. The van der Waals surface area contributed by atoms with Crippen molar-refractivity contribution in [3.8, 4) is 11.5 Å². The van der Waals surface area contributed by atoms with E-state index in [2.05, 4.69) is 10.4 Å². The summed E-state index contributed by atoms with van der Waals surface area (Å²) in [5.41, 5.74) is 0.937. The van der Waals surface area contributed by atoms with E-state index in [-0.39, 0.29) is 47.8 Å². The van der Waals surface area contributed by atoms with E-state index in [9.17, 15) is 32.7 Å². The quantitative estimate of drug-likeness (QED) is 0.195. The van der Waals surface area contributed by atoms with E-state index in [1.54, 1.807) is 36.4 Å². The molecular formula is C39H35Cl2F3N4O6. The highest BCUT2D eigenvalue weighted by molar-refractivity contribution is 6.33. The monoisotopic (exact) mass is 782 g/mol. The first-order chi connectivity index (χ1) is 25.8. The number of carbonyl (C=O) groups excluding carboxylic acids is 4. The zero-order chi connectivity index (χ0) is 38.3. The lowest BCUT2D eigenvalue weighted by molar-refractivity contribution is -0.144. The van der Waals surface area contributed by atoms with Crippen molar-refractivity contribution in [2.24, 2.45) is 23.7 Å². The van der Waals surface area contributed by atoms with Crippen LogP contribution in [0.5, 0.6) is 11.5 Å². The van der Waals surface area contributed by atoms with E-state index in [1.807, 2.05) is 6.08 Å². The Balaban J connectivity index is 1.31. The Hall–Kier alpha value is -4.62. The lowest BCUT2D eigenvalue weighted by atomic mass is 9.49. The number of amides is 4. The molecule has 0 spiro atoms. The number of allylic oxidation sites excluding steroid dienone is 2. The van der Waals surface area contributed by atoms with Crippen LogP contribution in [0, 0.1) is 23.7 Å². The topological polar surface area (TPSA) is 129 Å². The molecule has 5 aliphatic rings. The molecule has 2 saturated carbocycles.